The number of aromatic nitrogens is 4. The summed E-state index contributed by atoms with van der Waals surface area (Å²) in [6.07, 6.45) is -3.21. The molecule has 1 saturated heterocycles. The number of urea groups is 1. The van der Waals surface area contributed by atoms with Crippen LogP contribution in [0, 0.1) is 0 Å². The van der Waals surface area contributed by atoms with Crippen molar-refractivity contribution in [2.24, 2.45) is 0 Å². The van der Waals surface area contributed by atoms with Crippen LogP contribution in [0.1, 0.15) is 17.0 Å². The smallest absolute Gasteiger partial charge is 0.382 e. The fraction of sp³-hybridized carbons (Fsp3) is 0.308. The lowest BCUT2D eigenvalue weighted by Crippen LogP contribution is -2.36. The fourth-order valence-corrected chi connectivity index (χ4v) is 4.63. The van der Waals surface area contributed by atoms with Crippen molar-refractivity contribution in [2.45, 2.75) is 19.3 Å². The van der Waals surface area contributed by atoms with Gasteiger partial charge in [-0.05, 0) is 29.8 Å². The fourth-order valence-electron chi connectivity index (χ4n) is 4.63. The molecule has 1 fully saturated rings. The number of pyridine rings is 1. The van der Waals surface area contributed by atoms with E-state index >= 15 is 0 Å². The second kappa shape index (κ2) is 11.5. The molecule has 0 atom stereocenters. The zero-order valence-corrected chi connectivity index (χ0v) is 21.5. The highest BCUT2D eigenvalue weighted by atomic mass is 19.4. The number of ether oxygens (including phenoxy) is 2. The number of methoxy groups -OCH3 is 1. The van der Waals surface area contributed by atoms with Gasteiger partial charge in [0, 0.05) is 43.6 Å². The van der Waals surface area contributed by atoms with Crippen LogP contribution < -0.4 is 16.4 Å². The molecule has 0 spiro atoms. The summed E-state index contributed by atoms with van der Waals surface area (Å²) >= 11 is 0. The third-order valence-corrected chi connectivity index (χ3v) is 6.44. The number of anilines is 3. The number of hydrogen-bond acceptors (Lipinski definition) is 8. The largest absolute Gasteiger partial charge is 0.433 e. The van der Waals surface area contributed by atoms with Crippen LogP contribution in [0.2, 0.25) is 0 Å². The van der Waals surface area contributed by atoms with Gasteiger partial charge in [-0.3, -0.25) is 10.2 Å². The number of carbonyl (C=O) groups is 1. The van der Waals surface area contributed by atoms with Crippen LogP contribution in [0.3, 0.4) is 0 Å². The van der Waals surface area contributed by atoms with E-state index in [1.807, 2.05) is 0 Å². The van der Waals surface area contributed by atoms with Crippen LogP contribution in [0.15, 0.2) is 48.8 Å². The Morgan fingerprint density at radius 2 is 1.88 bits per heavy atom. The van der Waals surface area contributed by atoms with E-state index in [0.29, 0.717) is 43.4 Å². The quantitative estimate of drug-likeness (QED) is 0.311. The minimum Gasteiger partial charge on any atom is -0.382 e. The summed E-state index contributed by atoms with van der Waals surface area (Å²) in [6.45, 7) is 3.80. The molecule has 1 aromatic carbocycles. The van der Waals surface area contributed by atoms with Crippen molar-refractivity contribution in [2.75, 3.05) is 49.8 Å². The normalized spacial score (nSPS) is 14.4. The highest BCUT2D eigenvalue weighted by Gasteiger charge is 2.32. The van der Waals surface area contributed by atoms with E-state index in [0.717, 1.165) is 41.5 Å². The van der Waals surface area contributed by atoms with Gasteiger partial charge in [0.2, 0.25) is 0 Å². The maximum atomic E-state index is 12.9. The van der Waals surface area contributed by atoms with Gasteiger partial charge in [-0.25, -0.2) is 19.3 Å². The number of alkyl halides is 3. The molecule has 5 rings (SSSR count). The molecule has 40 heavy (non-hydrogen) atoms. The number of nitrogens with two attached hydrogens (primary N) is 1. The number of carbonyl (C=O) groups excluding carboxylic acids is 1. The standard InChI is InChI=1S/C26H27F3N8O3/c1-39-14-18-19(13-36-9-11-40-12-10-36)37-23(24(30)31-15-32-37)22(18)16-5-7-17(8-6-16)33-25(38)35-21-4-2-3-20(34-21)26(27,28)29/h2-8,15H,9-14H2,1H3,(H2,30,31,32)(H2,33,34,35,38). The molecule has 0 radical (unpaired) electrons. The Balaban J connectivity index is 1.42. The molecule has 11 nitrogen and oxygen atoms in total. The number of rotatable bonds is 7. The van der Waals surface area contributed by atoms with Crippen molar-refractivity contribution < 1.29 is 27.4 Å². The summed E-state index contributed by atoms with van der Waals surface area (Å²) < 4.78 is 51.6. The number of amides is 2. The Hall–Kier alpha value is -4.27. The first kappa shape index (κ1) is 27.3. The molecule has 4 aromatic rings. The summed E-state index contributed by atoms with van der Waals surface area (Å²) in [5.74, 6) is 0.0856. The van der Waals surface area contributed by atoms with Crippen LogP contribution in [0.5, 0.6) is 0 Å². The van der Waals surface area contributed by atoms with Crippen molar-refractivity contribution >= 4 is 28.9 Å². The summed E-state index contributed by atoms with van der Waals surface area (Å²) in [5, 5.41) is 9.41. The second-order valence-electron chi connectivity index (χ2n) is 9.09. The predicted octanol–water partition coefficient (Wildman–Crippen LogP) is 4.01. The number of nitrogen functional groups attached to an aromatic ring is 1. The number of fused-ring (bicyclic) bond motifs is 1. The number of hydrogen-bond donors (Lipinski definition) is 3. The first-order chi connectivity index (χ1) is 19.2. The Morgan fingerprint density at radius 1 is 1.12 bits per heavy atom. The van der Waals surface area contributed by atoms with Crippen molar-refractivity contribution in [3.63, 3.8) is 0 Å². The molecular weight excluding hydrogens is 529 g/mol. The zero-order valence-electron chi connectivity index (χ0n) is 21.5. The minimum atomic E-state index is -4.62. The first-order valence-electron chi connectivity index (χ1n) is 12.4. The molecule has 3 aromatic heterocycles. The maximum absolute atomic E-state index is 12.9. The highest BCUT2D eigenvalue weighted by molar-refractivity contribution is 5.99. The Labute approximate surface area is 227 Å². The van der Waals surface area contributed by atoms with E-state index in [9.17, 15) is 18.0 Å². The van der Waals surface area contributed by atoms with E-state index in [4.69, 9.17) is 15.2 Å². The molecule has 14 heteroatoms. The molecule has 4 heterocycles. The molecule has 0 unspecified atom stereocenters. The Kier molecular flexibility index (Phi) is 7.82. The first-order valence-corrected chi connectivity index (χ1v) is 12.4. The lowest BCUT2D eigenvalue weighted by molar-refractivity contribution is -0.141. The minimum absolute atomic E-state index is 0.225. The van der Waals surface area contributed by atoms with Crippen LogP contribution >= 0.6 is 0 Å². The van der Waals surface area contributed by atoms with Gasteiger partial charge in [0.1, 0.15) is 23.4 Å². The second-order valence-corrected chi connectivity index (χ2v) is 9.09. The number of nitrogens with zero attached hydrogens (tertiary/aromatic N) is 5. The number of morpholine rings is 1. The molecule has 0 aliphatic carbocycles. The van der Waals surface area contributed by atoms with Gasteiger partial charge in [-0.2, -0.15) is 18.3 Å². The van der Waals surface area contributed by atoms with Crippen molar-refractivity contribution in [3.8, 4) is 11.1 Å². The molecule has 0 bridgehead atoms. The lowest BCUT2D eigenvalue weighted by atomic mass is 10.0. The summed E-state index contributed by atoms with van der Waals surface area (Å²) in [4.78, 5) is 22.4. The van der Waals surface area contributed by atoms with Gasteiger partial charge in [0.05, 0.1) is 25.5 Å². The molecule has 1 aliphatic heterocycles. The monoisotopic (exact) mass is 556 g/mol. The van der Waals surface area contributed by atoms with E-state index in [1.165, 1.54) is 18.5 Å². The van der Waals surface area contributed by atoms with Gasteiger partial charge in [0.15, 0.2) is 5.82 Å². The van der Waals surface area contributed by atoms with Gasteiger partial charge in [-0.15, -0.1) is 0 Å². The van der Waals surface area contributed by atoms with Crippen LogP contribution in [-0.2, 0) is 28.8 Å². The Bertz CT molecular complexity index is 1500. The topological polar surface area (TPSA) is 132 Å². The van der Waals surface area contributed by atoms with Gasteiger partial charge in [0.25, 0.3) is 0 Å². The third kappa shape index (κ3) is 5.83. The molecule has 0 saturated carbocycles. The summed E-state index contributed by atoms with van der Waals surface area (Å²) in [6, 6.07) is 9.49. The average Bonchev–Trinajstić information content (AvgIpc) is 3.23. The average molecular weight is 557 g/mol. The van der Waals surface area contributed by atoms with Crippen LogP contribution in [-0.4, -0.2) is 63.9 Å². The summed E-state index contributed by atoms with van der Waals surface area (Å²) in [5.41, 5.74) is 9.74. The van der Waals surface area contributed by atoms with Crippen LogP contribution in [0.4, 0.5) is 35.3 Å². The van der Waals surface area contributed by atoms with Gasteiger partial charge >= 0.3 is 12.2 Å². The van der Waals surface area contributed by atoms with Crippen molar-refractivity contribution in [1.29, 1.82) is 0 Å². The molecule has 1 aliphatic rings. The van der Waals surface area contributed by atoms with Crippen molar-refractivity contribution in [3.05, 3.63) is 65.7 Å². The van der Waals surface area contributed by atoms with E-state index in [-0.39, 0.29) is 5.82 Å². The van der Waals surface area contributed by atoms with E-state index in [1.54, 1.807) is 35.9 Å². The third-order valence-electron chi connectivity index (χ3n) is 6.44. The van der Waals surface area contributed by atoms with Crippen LogP contribution in [0.25, 0.3) is 16.6 Å². The predicted molar refractivity (Wildman–Crippen MR) is 142 cm³/mol. The van der Waals surface area contributed by atoms with Crippen molar-refractivity contribution in [1.82, 2.24) is 24.5 Å². The zero-order chi connectivity index (χ0) is 28.3. The maximum Gasteiger partial charge on any atom is 0.433 e. The molecular formula is C26H27F3N8O3. The van der Waals surface area contributed by atoms with Gasteiger partial charge in [-0.1, -0.05) is 18.2 Å². The number of halogens is 3. The summed E-state index contributed by atoms with van der Waals surface area (Å²) in [7, 11) is 1.62. The van der Waals surface area contributed by atoms with E-state index in [2.05, 4.69) is 30.6 Å². The number of benzene rings is 1. The van der Waals surface area contributed by atoms with Gasteiger partial charge < -0.3 is 20.5 Å². The van der Waals surface area contributed by atoms with E-state index < -0.39 is 17.9 Å². The Morgan fingerprint density at radius 3 is 2.58 bits per heavy atom. The number of nitrogens with one attached hydrogen (secondary N) is 2. The SMILES string of the molecule is COCc1c(-c2ccc(NC(=O)Nc3cccc(C(F)(F)F)n3)cc2)c2c(N)ncnn2c1CN1CCOCC1. The highest BCUT2D eigenvalue weighted by Crippen LogP contribution is 2.37. The lowest BCUT2D eigenvalue weighted by Gasteiger charge is -2.26. The molecule has 4 N–H and O–H groups in total. The molecule has 210 valence electrons. The molecule has 2 amide bonds.